The smallest absolute Gasteiger partial charge is 0.333 e. The van der Waals surface area contributed by atoms with Crippen molar-refractivity contribution < 1.29 is 38.1 Å². The number of nitrogens with zero attached hydrogens (tertiary/aromatic N) is 1. The molecule has 0 saturated heterocycles. The van der Waals surface area contributed by atoms with Crippen molar-refractivity contribution in [1.29, 1.82) is 0 Å². The van der Waals surface area contributed by atoms with Gasteiger partial charge in [0.25, 0.3) is 0 Å². The molecular formula is C26H35NO8. The highest BCUT2D eigenvalue weighted by molar-refractivity contribution is 5.87. The lowest BCUT2D eigenvalue weighted by atomic mass is 10.3. The number of hydrogen-bond donors (Lipinski definition) is 0. The van der Waals surface area contributed by atoms with Crippen LogP contribution >= 0.6 is 0 Å². The van der Waals surface area contributed by atoms with Crippen LogP contribution in [0.5, 0.6) is 0 Å². The van der Waals surface area contributed by atoms with Crippen molar-refractivity contribution in [3.05, 3.63) is 54.6 Å². The number of benzene rings is 1. The van der Waals surface area contributed by atoms with Gasteiger partial charge in [-0.05, 0) is 38.8 Å². The van der Waals surface area contributed by atoms with Gasteiger partial charge in [-0.25, -0.2) is 9.59 Å². The van der Waals surface area contributed by atoms with Gasteiger partial charge in [-0.15, -0.1) is 0 Å². The number of hydrogen-bond acceptors (Lipinski definition) is 9. The molecule has 1 aromatic rings. The number of para-hydroxylation sites is 1. The van der Waals surface area contributed by atoms with E-state index < -0.39 is 11.9 Å². The molecule has 0 bridgehead atoms. The molecule has 0 aliphatic rings. The van der Waals surface area contributed by atoms with Crippen molar-refractivity contribution in [2.45, 2.75) is 39.5 Å². The number of carbonyl (C=O) groups is 4. The monoisotopic (exact) mass is 489 g/mol. The van der Waals surface area contributed by atoms with Gasteiger partial charge < -0.3 is 23.8 Å². The number of esters is 4. The topological polar surface area (TPSA) is 108 Å². The molecule has 0 amide bonds. The summed E-state index contributed by atoms with van der Waals surface area (Å²) in [4.78, 5) is 48.5. The van der Waals surface area contributed by atoms with Gasteiger partial charge in [0.05, 0.1) is 26.3 Å². The highest BCUT2D eigenvalue weighted by Crippen LogP contribution is 2.13. The Morgan fingerprint density at radius 3 is 1.51 bits per heavy atom. The summed E-state index contributed by atoms with van der Waals surface area (Å²) < 4.78 is 20.5. The second kappa shape index (κ2) is 16.9. The molecule has 1 rings (SSSR count). The molecule has 0 aliphatic carbocycles. The average Bonchev–Trinajstić information content (AvgIpc) is 2.83. The lowest BCUT2D eigenvalue weighted by molar-refractivity contribution is -0.146. The SMILES string of the molecule is C=C(C)C(=O)OCCCC(=O)OCCN(CCOC(=O)CCCOC(=O)C(=C)C)c1ccccc1. The predicted molar refractivity (Wildman–Crippen MR) is 131 cm³/mol. The minimum Gasteiger partial charge on any atom is -0.464 e. The molecule has 0 fully saturated rings. The Morgan fingerprint density at radius 2 is 1.11 bits per heavy atom. The third-order valence-electron chi connectivity index (χ3n) is 4.58. The minimum atomic E-state index is -0.483. The van der Waals surface area contributed by atoms with Crippen LogP contribution in [0.15, 0.2) is 54.6 Å². The molecule has 1 aromatic carbocycles. The summed E-state index contributed by atoms with van der Waals surface area (Å²) in [6, 6.07) is 9.49. The fraction of sp³-hybridized carbons (Fsp3) is 0.462. The zero-order valence-corrected chi connectivity index (χ0v) is 20.6. The first kappa shape index (κ1) is 29.4. The van der Waals surface area contributed by atoms with Crippen molar-refractivity contribution >= 4 is 29.6 Å². The van der Waals surface area contributed by atoms with Crippen molar-refractivity contribution in [1.82, 2.24) is 0 Å². The molecule has 0 aromatic heterocycles. The largest absolute Gasteiger partial charge is 0.464 e. The molecule has 0 saturated carbocycles. The Bertz CT molecular complexity index is 813. The van der Waals surface area contributed by atoms with Crippen LogP contribution in [0.25, 0.3) is 0 Å². The molecule has 9 heteroatoms. The Kier molecular flexibility index (Phi) is 14.2. The molecule has 35 heavy (non-hydrogen) atoms. The lowest BCUT2D eigenvalue weighted by Crippen LogP contribution is -2.32. The fourth-order valence-electron chi connectivity index (χ4n) is 2.70. The average molecular weight is 490 g/mol. The molecule has 192 valence electrons. The van der Waals surface area contributed by atoms with Gasteiger partial charge in [-0.1, -0.05) is 31.4 Å². The van der Waals surface area contributed by atoms with Crippen LogP contribution in [0.4, 0.5) is 5.69 Å². The van der Waals surface area contributed by atoms with E-state index in [1.54, 1.807) is 13.8 Å². The first-order chi connectivity index (χ1) is 16.7. The van der Waals surface area contributed by atoms with E-state index in [0.29, 0.717) is 37.1 Å². The molecule has 9 nitrogen and oxygen atoms in total. The van der Waals surface area contributed by atoms with Crippen molar-refractivity contribution in [3.63, 3.8) is 0 Å². The first-order valence-corrected chi connectivity index (χ1v) is 11.5. The maximum Gasteiger partial charge on any atom is 0.333 e. The van der Waals surface area contributed by atoms with Crippen LogP contribution in [0.3, 0.4) is 0 Å². The molecular weight excluding hydrogens is 454 g/mol. The van der Waals surface area contributed by atoms with Gasteiger partial charge in [0.2, 0.25) is 0 Å². The van der Waals surface area contributed by atoms with Gasteiger partial charge in [0.15, 0.2) is 0 Å². The van der Waals surface area contributed by atoms with Crippen LogP contribution < -0.4 is 4.90 Å². The van der Waals surface area contributed by atoms with Gasteiger partial charge in [0.1, 0.15) is 13.2 Å². The fourth-order valence-corrected chi connectivity index (χ4v) is 2.70. The number of anilines is 1. The maximum absolute atomic E-state index is 11.9. The second-order valence-corrected chi connectivity index (χ2v) is 7.80. The van der Waals surface area contributed by atoms with Gasteiger partial charge in [-0.3, -0.25) is 9.59 Å². The Balaban J connectivity index is 2.34. The van der Waals surface area contributed by atoms with Gasteiger partial charge in [0, 0.05) is 29.7 Å². The van der Waals surface area contributed by atoms with Crippen molar-refractivity contribution in [3.8, 4) is 0 Å². The number of carbonyl (C=O) groups excluding carboxylic acids is 4. The summed E-state index contributed by atoms with van der Waals surface area (Å²) in [7, 11) is 0. The normalized spacial score (nSPS) is 10.1. The standard InChI is InChI=1S/C26H35NO8/c1-20(2)25(30)34-16-8-12-23(28)32-18-14-27(22-10-6-5-7-11-22)15-19-33-24(29)13-9-17-35-26(31)21(3)4/h5-7,10-11H,1,3,8-9,12-19H2,2,4H3. The second-order valence-electron chi connectivity index (χ2n) is 7.80. The van der Waals surface area contributed by atoms with E-state index in [1.807, 2.05) is 35.2 Å². The highest BCUT2D eigenvalue weighted by atomic mass is 16.5. The molecule has 0 spiro atoms. The zero-order chi connectivity index (χ0) is 26.1. The summed E-state index contributed by atoms with van der Waals surface area (Å²) >= 11 is 0. The Hall–Kier alpha value is -3.62. The van der Waals surface area contributed by atoms with E-state index in [4.69, 9.17) is 18.9 Å². The van der Waals surface area contributed by atoms with E-state index in [2.05, 4.69) is 13.2 Å². The van der Waals surface area contributed by atoms with E-state index >= 15 is 0 Å². The summed E-state index contributed by atoms with van der Waals surface area (Å²) in [6.45, 7) is 11.5. The summed E-state index contributed by atoms with van der Waals surface area (Å²) in [6.07, 6.45) is 0.993. The Labute approximate surface area is 206 Å². The molecule has 0 radical (unpaired) electrons. The molecule has 0 heterocycles. The van der Waals surface area contributed by atoms with Gasteiger partial charge >= 0.3 is 23.9 Å². The molecule has 0 aliphatic heterocycles. The van der Waals surface area contributed by atoms with E-state index in [9.17, 15) is 19.2 Å². The Morgan fingerprint density at radius 1 is 0.686 bits per heavy atom. The van der Waals surface area contributed by atoms with Crippen molar-refractivity contribution in [2.75, 3.05) is 44.4 Å². The van der Waals surface area contributed by atoms with Gasteiger partial charge in [-0.2, -0.15) is 0 Å². The van der Waals surface area contributed by atoms with Crippen LogP contribution in [0.1, 0.15) is 39.5 Å². The van der Waals surface area contributed by atoms with Crippen LogP contribution in [-0.2, 0) is 38.1 Å². The third kappa shape index (κ3) is 13.6. The molecule has 0 unspecified atom stereocenters. The third-order valence-corrected chi connectivity index (χ3v) is 4.58. The summed E-state index contributed by atoms with van der Waals surface area (Å²) in [5.74, 6) is -1.74. The summed E-state index contributed by atoms with van der Waals surface area (Å²) in [5.41, 5.74) is 1.52. The highest BCUT2D eigenvalue weighted by Gasteiger charge is 2.11. The summed E-state index contributed by atoms with van der Waals surface area (Å²) in [5, 5.41) is 0. The quantitative estimate of drug-likeness (QED) is 0.141. The number of ether oxygens (including phenoxy) is 4. The van der Waals surface area contributed by atoms with E-state index in [0.717, 1.165) is 5.69 Å². The van der Waals surface area contributed by atoms with E-state index in [-0.39, 0.29) is 51.2 Å². The van der Waals surface area contributed by atoms with Crippen LogP contribution in [0, 0.1) is 0 Å². The lowest BCUT2D eigenvalue weighted by Gasteiger charge is -2.24. The maximum atomic E-state index is 11.9. The van der Waals surface area contributed by atoms with Crippen molar-refractivity contribution in [2.24, 2.45) is 0 Å². The van der Waals surface area contributed by atoms with Crippen LogP contribution in [0.2, 0.25) is 0 Å². The van der Waals surface area contributed by atoms with Crippen LogP contribution in [-0.4, -0.2) is 63.4 Å². The van der Waals surface area contributed by atoms with E-state index in [1.165, 1.54) is 0 Å². The zero-order valence-electron chi connectivity index (χ0n) is 20.6. The molecule has 0 atom stereocenters. The minimum absolute atomic E-state index is 0.124. The molecule has 0 N–H and O–H groups in total. The number of rotatable bonds is 17. The first-order valence-electron chi connectivity index (χ1n) is 11.5. The predicted octanol–water partition coefficient (Wildman–Crippen LogP) is 3.38.